The van der Waals surface area contributed by atoms with Crippen molar-refractivity contribution in [3.8, 4) is 11.5 Å². The minimum absolute atomic E-state index is 0.0765. The molecule has 172 valence electrons. The predicted octanol–water partition coefficient (Wildman–Crippen LogP) is 1.85. The van der Waals surface area contributed by atoms with E-state index in [2.05, 4.69) is 14.8 Å². The average molecular weight is 441 g/mol. The van der Waals surface area contributed by atoms with E-state index in [1.165, 1.54) is 19.2 Å². The Hall–Kier alpha value is -3.34. The van der Waals surface area contributed by atoms with Crippen molar-refractivity contribution in [3.05, 3.63) is 23.8 Å². The van der Waals surface area contributed by atoms with Gasteiger partial charge in [-0.1, -0.05) is 19.9 Å². The second kappa shape index (κ2) is 13.1. The zero-order chi connectivity index (χ0) is 23.4. The molecule has 0 saturated heterocycles. The fourth-order valence-corrected chi connectivity index (χ4v) is 2.27. The molecule has 1 atom stereocenters. The third-order valence-corrected chi connectivity index (χ3v) is 3.86. The Kier molecular flexibility index (Phi) is 10.8. The van der Waals surface area contributed by atoms with Gasteiger partial charge in [-0.25, -0.2) is 9.59 Å². The summed E-state index contributed by atoms with van der Waals surface area (Å²) in [6.45, 7) is 3.73. The van der Waals surface area contributed by atoms with Crippen molar-refractivity contribution < 1.29 is 47.6 Å². The van der Waals surface area contributed by atoms with E-state index >= 15 is 0 Å². The number of ether oxygens (including phenoxy) is 6. The van der Waals surface area contributed by atoms with Crippen molar-refractivity contribution in [1.82, 2.24) is 5.32 Å². The van der Waals surface area contributed by atoms with Crippen LogP contribution in [0.1, 0.15) is 19.4 Å². The molecule has 0 heterocycles. The Labute approximate surface area is 179 Å². The fourth-order valence-electron chi connectivity index (χ4n) is 2.27. The fraction of sp³-hybridized carbons (Fsp3) is 0.500. The highest BCUT2D eigenvalue weighted by atomic mass is 16.7. The number of rotatable bonds is 10. The lowest BCUT2D eigenvalue weighted by atomic mass is 10.1. The van der Waals surface area contributed by atoms with E-state index in [0.29, 0.717) is 5.56 Å². The number of esters is 2. The van der Waals surface area contributed by atoms with Crippen molar-refractivity contribution >= 4 is 24.2 Å². The summed E-state index contributed by atoms with van der Waals surface area (Å²) in [6.07, 6.45) is -1.89. The maximum Gasteiger partial charge on any atom is 0.513 e. The number of nitrogens with one attached hydrogen (secondary N) is 1. The van der Waals surface area contributed by atoms with Gasteiger partial charge in [0, 0.05) is 6.54 Å². The van der Waals surface area contributed by atoms with Gasteiger partial charge in [0.05, 0.1) is 27.2 Å². The van der Waals surface area contributed by atoms with Crippen molar-refractivity contribution in [2.45, 2.75) is 26.3 Å². The molecule has 0 aliphatic rings. The van der Waals surface area contributed by atoms with E-state index in [1.54, 1.807) is 19.9 Å². The van der Waals surface area contributed by atoms with Crippen LogP contribution in [-0.2, 0) is 35.0 Å². The highest BCUT2D eigenvalue weighted by Gasteiger charge is 2.22. The van der Waals surface area contributed by atoms with E-state index in [0.717, 1.165) is 14.2 Å². The van der Waals surface area contributed by atoms with Crippen molar-refractivity contribution in [3.63, 3.8) is 0 Å². The monoisotopic (exact) mass is 441 g/mol. The van der Waals surface area contributed by atoms with Crippen molar-refractivity contribution in [1.29, 1.82) is 0 Å². The van der Waals surface area contributed by atoms with Gasteiger partial charge in [0.1, 0.15) is 12.6 Å². The molecule has 0 unspecified atom stereocenters. The SMILES string of the molecule is COC(=O)Oc1ccc(C[C@H](NCCOC(=O)C(C)C)C(=O)OC)cc1OC(=O)OC. The topological polar surface area (TPSA) is 136 Å². The average Bonchev–Trinajstić information content (AvgIpc) is 2.76. The van der Waals surface area contributed by atoms with E-state index < -0.39 is 24.3 Å². The molecule has 0 aromatic heterocycles. The Morgan fingerprint density at radius 2 is 1.48 bits per heavy atom. The molecular weight excluding hydrogens is 414 g/mol. The highest BCUT2D eigenvalue weighted by Crippen LogP contribution is 2.30. The summed E-state index contributed by atoms with van der Waals surface area (Å²) in [7, 11) is 3.49. The van der Waals surface area contributed by atoms with E-state index in [9.17, 15) is 19.2 Å². The lowest BCUT2D eigenvalue weighted by Crippen LogP contribution is -2.41. The summed E-state index contributed by atoms with van der Waals surface area (Å²) in [6, 6.07) is 3.58. The number of carbonyl (C=O) groups is 4. The first-order chi connectivity index (χ1) is 14.7. The Balaban J connectivity index is 2.93. The number of hydrogen-bond donors (Lipinski definition) is 1. The maximum atomic E-state index is 12.1. The summed E-state index contributed by atoms with van der Waals surface area (Å²) >= 11 is 0. The molecule has 31 heavy (non-hydrogen) atoms. The molecular formula is C20H27NO10. The molecule has 0 bridgehead atoms. The van der Waals surface area contributed by atoms with Crippen molar-refractivity contribution in [2.24, 2.45) is 5.92 Å². The van der Waals surface area contributed by atoms with Gasteiger partial charge in [0.25, 0.3) is 0 Å². The molecule has 1 aromatic carbocycles. The molecule has 0 amide bonds. The highest BCUT2D eigenvalue weighted by molar-refractivity contribution is 5.76. The van der Waals surface area contributed by atoms with Crippen LogP contribution in [-0.4, -0.2) is 64.8 Å². The second-order valence-electron chi connectivity index (χ2n) is 6.45. The van der Waals surface area contributed by atoms with Crippen LogP contribution < -0.4 is 14.8 Å². The Morgan fingerprint density at radius 3 is 2.03 bits per heavy atom. The number of carbonyl (C=O) groups excluding carboxylic acids is 4. The Morgan fingerprint density at radius 1 is 0.871 bits per heavy atom. The number of hydrogen-bond acceptors (Lipinski definition) is 11. The van der Waals surface area contributed by atoms with Gasteiger partial charge in [-0.05, 0) is 24.1 Å². The first-order valence-electron chi connectivity index (χ1n) is 9.34. The van der Waals surface area contributed by atoms with Crippen molar-refractivity contribution in [2.75, 3.05) is 34.5 Å². The van der Waals surface area contributed by atoms with Crippen LogP contribution in [0.4, 0.5) is 9.59 Å². The molecule has 1 rings (SSSR count). The van der Waals surface area contributed by atoms with Gasteiger partial charge in [0.2, 0.25) is 0 Å². The molecule has 1 aromatic rings. The van der Waals surface area contributed by atoms with Gasteiger partial charge in [-0.3, -0.25) is 9.59 Å². The summed E-state index contributed by atoms with van der Waals surface area (Å²) < 4.78 is 28.7. The van der Waals surface area contributed by atoms with Crippen LogP contribution >= 0.6 is 0 Å². The molecule has 0 fully saturated rings. The van der Waals surface area contributed by atoms with Gasteiger partial charge in [0.15, 0.2) is 11.5 Å². The number of benzene rings is 1. The minimum Gasteiger partial charge on any atom is -0.468 e. The predicted molar refractivity (Wildman–Crippen MR) is 106 cm³/mol. The lowest BCUT2D eigenvalue weighted by molar-refractivity contribution is -0.147. The minimum atomic E-state index is -1.03. The van der Waals surface area contributed by atoms with Crippen LogP contribution in [0.25, 0.3) is 0 Å². The van der Waals surface area contributed by atoms with Crippen LogP contribution in [0.15, 0.2) is 18.2 Å². The zero-order valence-electron chi connectivity index (χ0n) is 18.1. The number of methoxy groups -OCH3 is 3. The normalized spacial score (nSPS) is 11.3. The van der Waals surface area contributed by atoms with E-state index in [1.807, 2.05) is 0 Å². The van der Waals surface area contributed by atoms with E-state index in [-0.39, 0.29) is 43.0 Å². The van der Waals surface area contributed by atoms with Gasteiger partial charge < -0.3 is 33.7 Å². The first-order valence-corrected chi connectivity index (χ1v) is 9.34. The standard InChI is InChI=1S/C20H27NO10/c1-12(2)17(22)29-9-8-21-14(18(23)26-3)10-13-6-7-15(30-19(24)27-4)16(11-13)31-20(25)28-5/h6-7,11-12,14,21H,8-10H2,1-5H3/t14-/m0/s1. The van der Waals surface area contributed by atoms with Crippen LogP contribution in [0.2, 0.25) is 0 Å². The smallest absolute Gasteiger partial charge is 0.468 e. The Bertz CT molecular complexity index is 777. The van der Waals surface area contributed by atoms with Gasteiger partial charge >= 0.3 is 24.2 Å². The molecule has 1 N–H and O–H groups in total. The molecule has 11 nitrogen and oxygen atoms in total. The molecule has 11 heteroatoms. The maximum absolute atomic E-state index is 12.1. The van der Waals surface area contributed by atoms with Gasteiger partial charge in [-0.2, -0.15) is 0 Å². The molecule has 0 spiro atoms. The van der Waals surface area contributed by atoms with E-state index in [4.69, 9.17) is 18.9 Å². The molecule has 0 aliphatic heterocycles. The van der Waals surface area contributed by atoms with Crippen LogP contribution in [0.3, 0.4) is 0 Å². The summed E-state index contributed by atoms with van der Waals surface area (Å²) in [5.41, 5.74) is 0.554. The van der Waals surface area contributed by atoms with Crippen LogP contribution in [0.5, 0.6) is 11.5 Å². The largest absolute Gasteiger partial charge is 0.513 e. The summed E-state index contributed by atoms with van der Waals surface area (Å²) in [4.78, 5) is 46.5. The second-order valence-corrected chi connectivity index (χ2v) is 6.45. The third kappa shape index (κ3) is 8.91. The molecule has 0 aliphatic carbocycles. The molecule has 0 radical (unpaired) electrons. The quantitative estimate of drug-likeness (QED) is 0.246. The van der Waals surface area contributed by atoms with Crippen LogP contribution in [0, 0.1) is 5.92 Å². The van der Waals surface area contributed by atoms with Gasteiger partial charge in [-0.15, -0.1) is 0 Å². The summed E-state index contributed by atoms with van der Waals surface area (Å²) in [5.74, 6) is -1.33. The zero-order valence-corrected chi connectivity index (χ0v) is 18.1. The summed E-state index contributed by atoms with van der Waals surface area (Å²) in [5, 5.41) is 2.95. The first kappa shape index (κ1) is 25.7. The lowest BCUT2D eigenvalue weighted by Gasteiger charge is -2.18. The molecule has 0 saturated carbocycles. The third-order valence-electron chi connectivity index (χ3n) is 3.86.